The molecule has 30 heavy (non-hydrogen) atoms. The molecule has 0 radical (unpaired) electrons. The highest BCUT2D eigenvalue weighted by atomic mass is 32.2. The predicted octanol–water partition coefficient (Wildman–Crippen LogP) is 4.76. The molecule has 6 N–H and O–H groups in total. The smallest absolute Gasteiger partial charge is 0.396 e. The lowest BCUT2D eigenvalue weighted by molar-refractivity contribution is -0.122. The summed E-state index contributed by atoms with van der Waals surface area (Å²) in [4.78, 5) is 32.5. The van der Waals surface area contributed by atoms with Crippen molar-refractivity contribution in [3.63, 3.8) is 0 Å². The van der Waals surface area contributed by atoms with Crippen LogP contribution in [0.1, 0.15) is 103 Å². The maximum absolute atomic E-state index is 11.0. The van der Waals surface area contributed by atoms with E-state index in [1.54, 1.807) is 11.8 Å². The topological polar surface area (TPSA) is 141 Å². The lowest BCUT2D eigenvalue weighted by Gasteiger charge is -2.09. The molecule has 0 aliphatic rings. The van der Waals surface area contributed by atoms with Crippen LogP contribution in [0.4, 0.5) is 0 Å². The van der Waals surface area contributed by atoms with Crippen LogP contribution in [0.2, 0.25) is 0 Å². The molecule has 0 spiro atoms. The van der Waals surface area contributed by atoms with Crippen molar-refractivity contribution in [3.05, 3.63) is 0 Å². The lowest BCUT2D eigenvalue weighted by atomic mass is 10.0. The van der Waals surface area contributed by atoms with Gasteiger partial charge in [0, 0.05) is 5.75 Å². The molecule has 0 aliphatic heterocycles. The molecule has 0 aromatic rings. The molecule has 0 saturated carbocycles. The van der Waals surface area contributed by atoms with Crippen molar-refractivity contribution in [2.24, 2.45) is 11.7 Å². The first-order valence-corrected chi connectivity index (χ1v) is 14.2. The van der Waals surface area contributed by atoms with Crippen molar-refractivity contribution in [2.75, 3.05) is 18.1 Å². The Balaban J connectivity index is 0. The molecule has 0 aromatic carbocycles. The van der Waals surface area contributed by atoms with E-state index in [-0.39, 0.29) is 18.4 Å². The number of phosphoric acid groups is 1. The van der Waals surface area contributed by atoms with Gasteiger partial charge in [-0.05, 0) is 12.2 Å². The molecule has 182 valence electrons. The van der Waals surface area contributed by atoms with Crippen LogP contribution < -0.4 is 5.73 Å². The maximum Gasteiger partial charge on any atom is 0.466 e. The van der Waals surface area contributed by atoms with Crippen LogP contribution >= 0.6 is 19.6 Å². The minimum Gasteiger partial charge on any atom is -0.396 e. The Hall–Kier alpha value is -0.110. The van der Waals surface area contributed by atoms with E-state index in [1.807, 2.05) is 0 Å². The Morgan fingerprint density at radius 3 is 1.43 bits per heavy atom. The Kier molecular flexibility index (Phi) is 25.2. The van der Waals surface area contributed by atoms with Gasteiger partial charge in [0.05, 0.1) is 12.5 Å². The predicted molar refractivity (Wildman–Crippen MR) is 126 cm³/mol. The molecule has 0 saturated heterocycles. The maximum atomic E-state index is 11.0. The fourth-order valence-corrected chi connectivity index (χ4v) is 4.15. The first-order chi connectivity index (χ1) is 14.2. The number of hydrogen-bond donors (Lipinski definition) is 5. The molecule has 0 heterocycles. The van der Waals surface area contributed by atoms with Crippen molar-refractivity contribution >= 4 is 25.5 Å². The van der Waals surface area contributed by atoms with E-state index in [0.29, 0.717) is 5.75 Å². The summed E-state index contributed by atoms with van der Waals surface area (Å²) in [7, 11) is -4.64. The van der Waals surface area contributed by atoms with Crippen LogP contribution in [-0.2, 0) is 9.36 Å². The average Bonchev–Trinajstić information content (AvgIpc) is 2.65. The summed E-state index contributed by atoms with van der Waals surface area (Å²) in [6, 6.07) is 0. The third-order valence-corrected chi connectivity index (χ3v) is 6.05. The number of thioether (sulfide) groups is 1. The van der Waals surface area contributed by atoms with Crippen molar-refractivity contribution in [1.29, 1.82) is 0 Å². The fourth-order valence-electron chi connectivity index (χ4n) is 3.03. The number of nitrogens with two attached hydrogens (primary N) is 1. The molecule has 7 nitrogen and oxygen atoms in total. The zero-order valence-electron chi connectivity index (χ0n) is 18.8. The first kappa shape index (κ1) is 32.1. The summed E-state index contributed by atoms with van der Waals surface area (Å²) in [5.74, 6) is 0.972. The van der Waals surface area contributed by atoms with Gasteiger partial charge >= 0.3 is 7.82 Å². The van der Waals surface area contributed by atoms with E-state index in [1.165, 1.54) is 96.3 Å². The Morgan fingerprint density at radius 2 is 1.13 bits per heavy atom. The number of primary amides is 1. The summed E-state index contributed by atoms with van der Waals surface area (Å²) in [6.07, 6.45) is 20.8. The summed E-state index contributed by atoms with van der Waals surface area (Å²) >= 11 is 1.74. The van der Waals surface area contributed by atoms with Crippen LogP contribution in [0.15, 0.2) is 0 Å². The van der Waals surface area contributed by atoms with Crippen molar-refractivity contribution in [1.82, 2.24) is 0 Å². The van der Waals surface area contributed by atoms with E-state index >= 15 is 0 Å². The van der Waals surface area contributed by atoms with E-state index < -0.39 is 7.82 Å². The number of hydrogen-bond acceptors (Lipinski definition) is 4. The molecule has 0 rings (SSSR count). The number of unbranched alkanes of at least 4 members (excludes halogenated alkanes) is 14. The van der Waals surface area contributed by atoms with Gasteiger partial charge in [0.25, 0.3) is 0 Å². The molecule has 0 aliphatic carbocycles. The van der Waals surface area contributed by atoms with E-state index in [4.69, 9.17) is 30.1 Å². The molecule has 1 atom stereocenters. The van der Waals surface area contributed by atoms with Gasteiger partial charge < -0.3 is 25.5 Å². The monoisotopic (exact) mass is 471 g/mol. The normalized spacial score (nSPS) is 12.3. The zero-order chi connectivity index (χ0) is 23.1. The van der Waals surface area contributed by atoms with Crippen LogP contribution in [-0.4, -0.2) is 43.8 Å². The van der Waals surface area contributed by atoms with E-state index in [0.717, 1.165) is 5.75 Å². The number of rotatable bonds is 20. The molecule has 1 amide bonds. The second-order valence-corrected chi connectivity index (χ2v) is 10.00. The Labute approximate surface area is 187 Å². The minimum atomic E-state index is -4.64. The number of aliphatic hydroxyl groups excluding tert-OH is 1. The molecule has 1 unspecified atom stereocenters. The summed E-state index contributed by atoms with van der Waals surface area (Å²) < 4.78 is 8.88. The third kappa shape index (κ3) is 32.6. The van der Waals surface area contributed by atoms with E-state index in [2.05, 4.69) is 6.92 Å². The Bertz CT molecular complexity index is 414. The molecule has 0 bridgehead atoms. The van der Waals surface area contributed by atoms with Crippen molar-refractivity contribution in [2.45, 2.75) is 103 Å². The van der Waals surface area contributed by atoms with Crippen LogP contribution in [0.3, 0.4) is 0 Å². The largest absolute Gasteiger partial charge is 0.466 e. The zero-order valence-corrected chi connectivity index (χ0v) is 20.6. The number of aliphatic hydroxyl groups is 1. The second kappa shape index (κ2) is 23.6. The van der Waals surface area contributed by atoms with Gasteiger partial charge in [-0.25, -0.2) is 4.57 Å². The molecule has 0 fully saturated rings. The van der Waals surface area contributed by atoms with Gasteiger partial charge in [-0.2, -0.15) is 11.8 Å². The Morgan fingerprint density at radius 1 is 0.800 bits per heavy atom. The molecular weight excluding hydrogens is 425 g/mol. The van der Waals surface area contributed by atoms with Gasteiger partial charge in [-0.3, -0.25) is 4.79 Å². The number of carbonyl (C=O) groups is 1. The standard InChI is InChI=1S/C21H43NO2S.H3O4P/c1-2-3-4-5-6-7-8-9-10-11-12-13-14-15-16-17-25-19-20(18-23)21(22)24;1-5(2,3)4/h20,23H,2-19H2,1H3,(H2,22,24);(H3,1,2,3,4). The lowest BCUT2D eigenvalue weighted by Crippen LogP contribution is -2.28. The highest BCUT2D eigenvalue weighted by Crippen LogP contribution is 2.25. The number of amides is 1. The van der Waals surface area contributed by atoms with Crippen LogP contribution in [0.5, 0.6) is 0 Å². The summed E-state index contributed by atoms with van der Waals surface area (Å²) in [5.41, 5.74) is 5.21. The SMILES string of the molecule is CCCCCCCCCCCCCCCCCSCC(CO)C(N)=O.O=P(O)(O)O. The highest BCUT2D eigenvalue weighted by Gasteiger charge is 2.13. The summed E-state index contributed by atoms with van der Waals surface area (Å²) in [6.45, 7) is 2.15. The van der Waals surface area contributed by atoms with Crippen LogP contribution in [0.25, 0.3) is 0 Å². The van der Waals surface area contributed by atoms with Gasteiger partial charge in [0.2, 0.25) is 5.91 Å². The first-order valence-electron chi connectivity index (χ1n) is 11.5. The van der Waals surface area contributed by atoms with Gasteiger partial charge in [0.1, 0.15) is 0 Å². The fraction of sp³-hybridized carbons (Fsp3) is 0.952. The quantitative estimate of drug-likeness (QED) is 0.127. The molecule has 9 heteroatoms. The third-order valence-electron chi connectivity index (χ3n) is 4.83. The number of carbonyl (C=O) groups excluding carboxylic acids is 1. The molecule has 0 aromatic heterocycles. The van der Waals surface area contributed by atoms with Crippen molar-refractivity contribution in [3.8, 4) is 0 Å². The van der Waals surface area contributed by atoms with Gasteiger partial charge in [-0.15, -0.1) is 0 Å². The summed E-state index contributed by atoms with van der Waals surface area (Å²) in [5, 5.41) is 9.02. The van der Waals surface area contributed by atoms with Gasteiger partial charge in [-0.1, -0.05) is 96.8 Å². The van der Waals surface area contributed by atoms with Crippen LogP contribution in [0, 0.1) is 5.92 Å². The van der Waals surface area contributed by atoms with Gasteiger partial charge in [0.15, 0.2) is 0 Å². The second-order valence-electron chi connectivity index (χ2n) is 7.82. The highest BCUT2D eigenvalue weighted by molar-refractivity contribution is 7.99. The average molecular weight is 472 g/mol. The van der Waals surface area contributed by atoms with Crippen molar-refractivity contribution < 1.29 is 29.1 Å². The molecular formula is C21H46NO6PS. The van der Waals surface area contributed by atoms with E-state index in [9.17, 15) is 4.79 Å². The minimum absolute atomic E-state index is 0.124.